The first-order chi connectivity index (χ1) is 7.48. The van der Waals surface area contributed by atoms with E-state index in [0.29, 0.717) is 29.4 Å². The van der Waals surface area contributed by atoms with Crippen LogP contribution in [0.3, 0.4) is 0 Å². The summed E-state index contributed by atoms with van der Waals surface area (Å²) in [6, 6.07) is 4.95. The van der Waals surface area contributed by atoms with Gasteiger partial charge in [-0.1, -0.05) is 11.6 Å². The summed E-state index contributed by atoms with van der Waals surface area (Å²) in [5, 5.41) is 0.519. The molecule has 0 spiro atoms. The van der Waals surface area contributed by atoms with Gasteiger partial charge in [-0.15, -0.1) is 0 Å². The second-order valence-corrected chi connectivity index (χ2v) is 4.52. The van der Waals surface area contributed by atoms with Crippen LogP contribution in [0.4, 0.5) is 20.2 Å². The van der Waals surface area contributed by atoms with Crippen LogP contribution in [0.25, 0.3) is 0 Å². The van der Waals surface area contributed by atoms with Crippen LogP contribution in [-0.4, -0.2) is 19.0 Å². The molecule has 1 saturated heterocycles. The molecule has 2 N–H and O–H groups in total. The van der Waals surface area contributed by atoms with E-state index >= 15 is 0 Å². The maximum Gasteiger partial charge on any atom is 0.265 e. The zero-order valence-electron chi connectivity index (χ0n) is 9.07. The van der Waals surface area contributed by atoms with Crippen molar-refractivity contribution in [1.29, 1.82) is 0 Å². The summed E-state index contributed by atoms with van der Waals surface area (Å²) in [4.78, 5) is 1.62. The number of alkyl halides is 2. The number of nitrogen functional groups attached to an aromatic ring is 1. The summed E-state index contributed by atoms with van der Waals surface area (Å²) in [6.07, 6.45) is 0.437. The number of anilines is 2. The van der Waals surface area contributed by atoms with Crippen molar-refractivity contribution in [2.75, 3.05) is 23.7 Å². The first kappa shape index (κ1) is 14.6. The summed E-state index contributed by atoms with van der Waals surface area (Å²) in [5.41, 5.74) is 6.86. The van der Waals surface area contributed by atoms with Crippen LogP contribution in [0, 0.1) is 0 Å². The van der Waals surface area contributed by atoms with E-state index in [-0.39, 0.29) is 30.0 Å². The second kappa shape index (κ2) is 5.42. The molecule has 1 aromatic carbocycles. The van der Waals surface area contributed by atoms with Gasteiger partial charge in [0.05, 0.1) is 17.9 Å². The molecule has 1 aromatic rings. The minimum Gasteiger partial charge on any atom is -0.397 e. The van der Waals surface area contributed by atoms with Crippen molar-refractivity contribution in [2.24, 2.45) is 0 Å². The van der Waals surface area contributed by atoms with Gasteiger partial charge in [0, 0.05) is 35.1 Å². The molecule has 96 valence electrons. The van der Waals surface area contributed by atoms with E-state index in [1.54, 1.807) is 23.1 Å². The van der Waals surface area contributed by atoms with Crippen molar-refractivity contribution in [3.05, 3.63) is 23.2 Å². The Morgan fingerprint density at radius 2 is 2.06 bits per heavy atom. The summed E-state index contributed by atoms with van der Waals surface area (Å²) in [6.45, 7) is 0.347. The molecular formula is C11H13ClF2FeN2. The molecule has 0 amide bonds. The van der Waals surface area contributed by atoms with Crippen molar-refractivity contribution < 1.29 is 25.8 Å². The predicted octanol–water partition coefficient (Wildman–Crippen LogP) is 3.16. The monoisotopic (exact) mass is 302 g/mol. The van der Waals surface area contributed by atoms with Gasteiger partial charge < -0.3 is 10.6 Å². The van der Waals surface area contributed by atoms with E-state index in [2.05, 4.69) is 0 Å². The molecular weight excluding hydrogens is 289 g/mol. The van der Waals surface area contributed by atoms with Crippen LogP contribution >= 0.6 is 11.6 Å². The molecule has 17 heavy (non-hydrogen) atoms. The molecule has 0 radical (unpaired) electrons. The molecule has 6 heteroatoms. The molecule has 2 rings (SSSR count). The molecule has 0 bridgehead atoms. The SMILES string of the molecule is Nc1cc(Cl)ccc1N1CCCC(F)(F)C1.[Fe]. The van der Waals surface area contributed by atoms with Crippen molar-refractivity contribution in [2.45, 2.75) is 18.8 Å². The van der Waals surface area contributed by atoms with Gasteiger partial charge in [-0.3, -0.25) is 0 Å². The number of nitrogens with zero attached hydrogens (tertiary/aromatic N) is 1. The van der Waals surface area contributed by atoms with Crippen molar-refractivity contribution in [3.8, 4) is 0 Å². The van der Waals surface area contributed by atoms with E-state index in [0.717, 1.165) is 0 Å². The third-order valence-corrected chi connectivity index (χ3v) is 2.96. The molecule has 0 aliphatic carbocycles. The van der Waals surface area contributed by atoms with Gasteiger partial charge in [0.2, 0.25) is 0 Å². The Bertz CT molecular complexity index is 401. The van der Waals surface area contributed by atoms with Gasteiger partial charge in [-0.2, -0.15) is 0 Å². The topological polar surface area (TPSA) is 29.3 Å². The first-order valence-corrected chi connectivity index (χ1v) is 5.53. The number of hydrogen-bond acceptors (Lipinski definition) is 2. The Morgan fingerprint density at radius 1 is 1.35 bits per heavy atom. The minimum atomic E-state index is -2.62. The Balaban J connectivity index is 0.00000144. The van der Waals surface area contributed by atoms with Crippen LogP contribution in [-0.2, 0) is 17.1 Å². The van der Waals surface area contributed by atoms with E-state index in [4.69, 9.17) is 17.3 Å². The number of piperidine rings is 1. The maximum absolute atomic E-state index is 13.2. The Hall–Kier alpha value is -0.511. The Labute approximate surface area is 115 Å². The Kier molecular flexibility index (Phi) is 4.64. The second-order valence-electron chi connectivity index (χ2n) is 4.08. The molecule has 1 aliphatic heterocycles. The smallest absolute Gasteiger partial charge is 0.265 e. The van der Waals surface area contributed by atoms with Crippen LogP contribution < -0.4 is 10.6 Å². The minimum absolute atomic E-state index is 0. The van der Waals surface area contributed by atoms with Crippen LogP contribution in [0.15, 0.2) is 18.2 Å². The summed E-state index contributed by atoms with van der Waals surface area (Å²) in [7, 11) is 0. The van der Waals surface area contributed by atoms with Crippen LogP contribution in [0.2, 0.25) is 5.02 Å². The molecule has 1 heterocycles. The van der Waals surface area contributed by atoms with E-state index in [9.17, 15) is 8.78 Å². The normalized spacial score (nSPS) is 18.6. The summed E-state index contributed by atoms with van der Waals surface area (Å²) < 4.78 is 26.5. The van der Waals surface area contributed by atoms with Crippen LogP contribution in [0.5, 0.6) is 0 Å². The average molecular weight is 303 g/mol. The zero-order chi connectivity index (χ0) is 11.8. The van der Waals surface area contributed by atoms with Gasteiger partial charge in [0.15, 0.2) is 0 Å². The molecule has 1 fully saturated rings. The molecule has 0 unspecified atom stereocenters. The van der Waals surface area contributed by atoms with E-state index in [1.165, 1.54) is 0 Å². The van der Waals surface area contributed by atoms with E-state index < -0.39 is 5.92 Å². The fraction of sp³-hybridized carbons (Fsp3) is 0.455. The molecule has 2 nitrogen and oxygen atoms in total. The van der Waals surface area contributed by atoms with Crippen molar-refractivity contribution in [3.63, 3.8) is 0 Å². The number of rotatable bonds is 1. The average Bonchev–Trinajstić information content (AvgIpc) is 2.15. The third-order valence-electron chi connectivity index (χ3n) is 2.72. The van der Waals surface area contributed by atoms with E-state index in [1.807, 2.05) is 0 Å². The van der Waals surface area contributed by atoms with Gasteiger partial charge in [-0.25, -0.2) is 8.78 Å². The van der Waals surface area contributed by atoms with Gasteiger partial charge >= 0.3 is 0 Å². The maximum atomic E-state index is 13.2. The predicted molar refractivity (Wildman–Crippen MR) is 62.3 cm³/mol. The van der Waals surface area contributed by atoms with Gasteiger partial charge in [-0.05, 0) is 24.6 Å². The number of hydrogen-bond donors (Lipinski definition) is 1. The quantitative estimate of drug-likeness (QED) is 0.638. The van der Waals surface area contributed by atoms with Crippen molar-refractivity contribution in [1.82, 2.24) is 0 Å². The van der Waals surface area contributed by atoms with Crippen LogP contribution in [0.1, 0.15) is 12.8 Å². The largest absolute Gasteiger partial charge is 0.397 e. The van der Waals surface area contributed by atoms with Gasteiger partial charge in [0.25, 0.3) is 5.92 Å². The molecule has 0 atom stereocenters. The Morgan fingerprint density at radius 3 is 2.65 bits per heavy atom. The summed E-state index contributed by atoms with van der Waals surface area (Å²) >= 11 is 5.77. The summed E-state index contributed by atoms with van der Waals surface area (Å²) in [5.74, 6) is -2.62. The van der Waals surface area contributed by atoms with Crippen molar-refractivity contribution >= 4 is 23.0 Å². The molecule has 1 aliphatic rings. The molecule has 0 aromatic heterocycles. The molecule has 0 saturated carbocycles. The number of nitrogens with two attached hydrogens (primary N) is 1. The zero-order valence-corrected chi connectivity index (χ0v) is 10.9. The third kappa shape index (κ3) is 3.47. The van der Waals surface area contributed by atoms with Gasteiger partial charge in [0.1, 0.15) is 0 Å². The fourth-order valence-corrected chi connectivity index (χ4v) is 2.17. The number of benzene rings is 1. The number of halogens is 3. The first-order valence-electron chi connectivity index (χ1n) is 5.16. The fourth-order valence-electron chi connectivity index (χ4n) is 1.98. The standard InChI is InChI=1S/C11H13ClF2N2.Fe/c12-8-2-3-10(9(15)6-8)16-5-1-4-11(13,14)7-16;/h2-3,6H,1,4-5,7,15H2;.